The number of carbonyl (C=O) groups excluding carboxylic acids is 2. The van der Waals surface area contributed by atoms with Crippen LogP contribution in [0.25, 0.3) is 0 Å². The van der Waals surface area contributed by atoms with Gasteiger partial charge >= 0.3 is 0 Å². The molecule has 2 amide bonds. The molecular formula is C13H16N2O3. The minimum absolute atomic E-state index is 0.0184. The van der Waals surface area contributed by atoms with Crippen LogP contribution < -0.4 is 5.32 Å². The van der Waals surface area contributed by atoms with Gasteiger partial charge in [-0.2, -0.15) is 0 Å². The van der Waals surface area contributed by atoms with E-state index < -0.39 is 0 Å². The van der Waals surface area contributed by atoms with Crippen molar-refractivity contribution in [3.8, 4) is 0 Å². The minimum atomic E-state index is 0.0184. The predicted molar refractivity (Wildman–Crippen MR) is 64.1 cm³/mol. The van der Waals surface area contributed by atoms with E-state index in [9.17, 15) is 9.59 Å². The van der Waals surface area contributed by atoms with Crippen molar-refractivity contribution in [3.63, 3.8) is 0 Å². The lowest BCUT2D eigenvalue weighted by atomic mass is 9.98. The molecule has 0 aliphatic carbocycles. The number of carbonyl (C=O) groups is 2. The largest absolute Gasteiger partial charge is 0.469 e. The first-order valence-corrected chi connectivity index (χ1v) is 6.31. The Bertz CT molecular complexity index is 494. The van der Waals surface area contributed by atoms with E-state index in [0.717, 1.165) is 12.8 Å². The fraction of sp³-hybridized carbons (Fsp3) is 0.538. The maximum absolute atomic E-state index is 12.4. The maximum atomic E-state index is 12.4. The van der Waals surface area contributed by atoms with Gasteiger partial charge in [0.25, 0.3) is 5.91 Å². The normalized spacial score (nSPS) is 26.9. The van der Waals surface area contributed by atoms with Crippen LogP contribution in [0.1, 0.15) is 35.4 Å². The third kappa shape index (κ3) is 1.70. The highest BCUT2D eigenvalue weighted by Gasteiger charge is 2.41. The van der Waals surface area contributed by atoms with Gasteiger partial charge in [0.2, 0.25) is 5.91 Å². The van der Waals surface area contributed by atoms with Crippen molar-refractivity contribution in [2.45, 2.75) is 38.3 Å². The van der Waals surface area contributed by atoms with Gasteiger partial charge in [-0.15, -0.1) is 0 Å². The van der Waals surface area contributed by atoms with Crippen LogP contribution in [0.3, 0.4) is 0 Å². The Hall–Kier alpha value is -1.78. The van der Waals surface area contributed by atoms with Gasteiger partial charge in [-0.3, -0.25) is 9.59 Å². The summed E-state index contributed by atoms with van der Waals surface area (Å²) in [5.74, 6) is 0.776. The van der Waals surface area contributed by atoms with Crippen molar-refractivity contribution in [2.24, 2.45) is 0 Å². The predicted octanol–water partition coefficient (Wildman–Crippen LogP) is 1.08. The topological polar surface area (TPSA) is 62.6 Å². The van der Waals surface area contributed by atoms with Crippen LogP contribution in [0, 0.1) is 6.92 Å². The van der Waals surface area contributed by atoms with E-state index >= 15 is 0 Å². The first-order chi connectivity index (χ1) is 8.66. The summed E-state index contributed by atoms with van der Waals surface area (Å²) in [6.07, 6.45) is 3.66. The molecule has 3 heterocycles. The van der Waals surface area contributed by atoms with Crippen LogP contribution in [0.5, 0.6) is 0 Å². The van der Waals surface area contributed by atoms with Gasteiger partial charge in [0.1, 0.15) is 5.76 Å². The highest BCUT2D eigenvalue weighted by Crippen LogP contribution is 2.27. The molecule has 2 atom stereocenters. The molecule has 18 heavy (non-hydrogen) atoms. The summed E-state index contributed by atoms with van der Waals surface area (Å²) in [6, 6.07) is 1.98. The lowest BCUT2D eigenvalue weighted by Gasteiger charge is -2.31. The van der Waals surface area contributed by atoms with Crippen LogP contribution >= 0.6 is 0 Å². The Morgan fingerprint density at radius 2 is 2.33 bits per heavy atom. The summed E-state index contributed by atoms with van der Waals surface area (Å²) in [6.45, 7) is 2.50. The molecule has 3 rings (SSSR count). The van der Waals surface area contributed by atoms with Gasteiger partial charge in [0, 0.05) is 13.0 Å². The highest BCUT2D eigenvalue weighted by atomic mass is 16.3. The van der Waals surface area contributed by atoms with Crippen molar-refractivity contribution in [1.82, 2.24) is 10.2 Å². The second-order valence-corrected chi connectivity index (χ2v) is 4.96. The molecule has 2 aliphatic rings. The van der Waals surface area contributed by atoms with Crippen LogP contribution in [-0.2, 0) is 4.79 Å². The molecule has 2 fully saturated rings. The fourth-order valence-electron chi connectivity index (χ4n) is 2.95. The second kappa shape index (κ2) is 4.15. The zero-order valence-electron chi connectivity index (χ0n) is 10.3. The molecule has 0 radical (unpaired) electrons. The number of rotatable bonds is 1. The molecule has 0 saturated carbocycles. The van der Waals surface area contributed by atoms with E-state index in [1.54, 1.807) is 19.3 Å². The molecule has 0 bridgehead atoms. The van der Waals surface area contributed by atoms with Gasteiger partial charge in [-0.25, -0.2) is 0 Å². The minimum Gasteiger partial charge on any atom is -0.469 e. The lowest BCUT2D eigenvalue weighted by Crippen LogP contribution is -2.50. The zero-order valence-corrected chi connectivity index (χ0v) is 10.3. The number of piperidine rings is 1. The Morgan fingerprint density at radius 3 is 3.06 bits per heavy atom. The zero-order chi connectivity index (χ0) is 12.7. The maximum Gasteiger partial charge on any atom is 0.257 e. The lowest BCUT2D eigenvalue weighted by molar-refractivity contribution is -0.123. The third-order valence-electron chi connectivity index (χ3n) is 3.91. The molecule has 96 valence electrons. The van der Waals surface area contributed by atoms with Gasteiger partial charge in [-0.1, -0.05) is 0 Å². The van der Waals surface area contributed by atoms with Gasteiger partial charge in [0.15, 0.2) is 0 Å². The Kier molecular flexibility index (Phi) is 2.61. The molecule has 1 aromatic rings. The molecule has 0 aromatic carbocycles. The monoisotopic (exact) mass is 248 g/mol. The number of aryl methyl sites for hydroxylation is 1. The summed E-state index contributed by atoms with van der Waals surface area (Å²) in [5, 5.41) is 2.97. The first kappa shape index (κ1) is 11.3. The molecule has 0 spiro atoms. The average molecular weight is 248 g/mol. The standard InChI is InChI=1S/C13H16N2O3/c1-8-9(5-7-18-8)13(17)15-6-4-10-11(15)2-3-12(16)14-10/h5,7,10-11H,2-4,6H2,1H3,(H,14,16)/t10-,11+/m0/s1. The number of hydrogen-bond acceptors (Lipinski definition) is 3. The number of hydrogen-bond donors (Lipinski definition) is 1. The summed E-state index contributed by atoms with van der Waals surface area (Å²) < 4.78 is 5.18. The Balaban J connectivity index is 1.80. The van der Waals surface area contributed by atoms with E-state index in [1.165, 1.54) is 0 Å². The molecule has 5 nitrogen and oxygen atoms in total. The van der Waals surface area contributed by atoms with E-state index in [0.29, 0.717) is 24.3 Å². The second-order valence-electron chi connectivity index (χ2n) is 4.96. The third-order valence-corrected chi connectivity index (χ3v) is 3.91. The molecule has 5 heteroatoms. The number of furan rings is 1. The number of fused-ring (bicyclic) bond motifs is 1. The number of nitrogens with zero attached hydrogens (tertiary/aromatic N) is 1. The Morgan fingerprint density at radius 1 is 1.50 bits per heavy atom. The molecule has 0 unspecified atom stereocenters. The molecule has 1 N–H and O–H groups in total. The SMILES string of the molecule is Cc1occc1C(=O)N1CC[C@@H]2NC(=O)CC[C@H]21. The molecular weight excluding hydrogens is 232 g/mol. The molecule has 1 aromatic heterocycles. The van der Waals surface area contributed by atoms with Gasteiger partial charge < -0.3 is 14.6 Å². The van der Waals surface area contributed by atoms with Gasteiger partial charge in [-0.05, 0) is 25.8 Å². The van der Waals surface area contributed by atoms with Crippen molar-refractivity contribution in [1.29, 1.82) is 0 Å². The number of nitrogens with one attached hydrogen (secondary N) is 1. The van der Waals surface area contributed by atoms with Crippen LogP contribution in [-0.4, -0.2) is 35.3 Å². The van der Waals surface area contributed by atoms with Crippen molar-refractivity contribution < 1.29 is 14.0 Å². The van der Waals surface area contributed by atoms with Crippen molar-refractivity contribution >= 4 is 11.8 Å². The van der Waals surface area contributed by atoms with Gasteiger partial charge in [0.05, 0.1) is 23.9 Å². The van der Waals surface area contributed by atoms with E-state index in [2.05, 4.69) is 5.32 Å². The van der Waals surface area contributed by atoms with Crippen molar-refractivity contribution in [3.05, 3.63) is 23.7 Å². The van der Waals surface area contributed by atoms with Crippen LogP contribution in [0.15, 0.2) is 16.7 Å². The average Bonchev–Trinajstić information content (AvgIpc) is 2.94. The van der Waals surface area contributed by atoms with E-state index in [1.807, 2.05) is 4.90 Å². The van der Waals surface area contributed by atoms with Crippen LogP contribution in [0.4, 0.5) is 0 Å². The molecule has 2 saturated heterocycles. The number of likely N-dealkylation sites (tertiary alicyclic amines) is 1. The highest BCUT2D eigenvalue weighted by molar-refractivity contribution is 5.95. The summed E-state index contributed by atoms with van der Waals surface area (Å²) in [5.41, 5.74) is 0.632. The first-order valence-electron chi connectivity index (χ1n) is 6.31. The summed E-state index contributed by atoms with van der Waals surface area (Å²) >= 11 is 0. The quantitative estimate of drug-likeness (QED) is 0.809. The Labute approximate surface area is 105 Å². The smallest absolute Gasteiger partial charge is 0.257 e. The van der Waals surface area contributed by atoms with E-state index in [4.69, 9.17) is 4.42 Å². The molecule has 2 aliphatic heterocycles. The summed E-state index contributed by atoms with van der Waals surface area (Å²) in [4.78, 5) is 25.6. The number of amides is 2. The van der Waals surface area contributed by atoms with Crippen LogP contribution in [0.2, 0.25) is 0 Å². The summed E-state index contributed by atoms with van der Waals surface area (Å²) in [7, 11) is 0. The van der Waals surface area contributed by atoms with Crippen molar-refractivity contribution in [2.75, 3.05) is 6.54 Å². The fourth-order valence-corrected chi connectivity index (χ4v) is 2.95. The van der Waals surface area contributed by atoms with E-state index in [-0.39, 0.29) is 23.9 Å².